The minimum Gasteiger partial charge on any atom is -0.369 e. The first kappa shape index (κ1) is 20.4. The van der Waals surface area contributed by atoms with Crippen molar-refractivity contribution in [3.05, 3.63) is 57.3 Å². The van der Waals surface area contributed by atoms with Crippen LogP contribution in [0.25, 0.3) is 11.0 Å². The Morgan fingerprint density at radius 1 is 1.00 bits per heavy atom. The van der Waals surface area contributed by atoms with Gasteiger partial charge < -0.3 is 10.3 Å². The Balaban J connectivity index is 2.11. The summed E-state index contributed by atoms with van der Waals surface area (Å²) in [6.07, 6.45) is -9.86. The Morgan fingerprint density at radius 2 is 1.68 bits per heavy atom. The van der Waals surface area contributed by atoms with Crippen LogP contribution in [-0.2, 0) is 25.3 Å². The molecule has 0 amide bonds. The number of nitrogen functional groups attached to an aromatic ring is 1. The van der Waals surface area contributed by atoms with Gasteiger partial charge in [-0.05, 0) is 36.2 Å². The second kappa shape index (κ2) is 6.94. The molecule has 0 atom stereocenters. The highest BCUT2D eigenvalue weighted by Crippen LogP contribution is 2.40. The van der Waals surface area contributed by atoms with Gasteiger partial charge in [0, 0.05) is 11.0 Å². The van der Waals surface area contributed by atoms with E-state index in [0.717, 1.165) is 4.57 Å². The quantitative estimate of drug-likeness (QED) is 0.492. The van der Waals surface area contributed by atoms with Gasteiger partial charge in [0.05, 0.1) is 22.2 Å². The first-order valence-corrected chi connectivity index (χ1v) is 8.55. The third kappa shape index (κ3) is 3.94. The molecule has 2 N–H and O–H groups in total. The number of hydrogen-bond donors (Lipinski definition) is 1. The SMILES string of the molecule is Nc1nc2cc(C(F)(F)F)cc(C(F)(F)F)c2n1CCc1ccc(F)cc1Br. The zero-order valence-corrected chi connectivity index (χ0v) is 15.4. The van der Waals surface area contributed by atoms with Gasteiger partial charge in [-0.3, -0.25) is 0 Å². The molecule has 0 aliphatic carbocycles. The summed E-state index contributed by atoms with van der Waals surface area (Å²) >= 11 is 3.16. The lowest BCUT2D eigenvalue weighted by atomic mass is 10.1. The first-order chi connectivity index (χ1) is 12.9. The summed E-state index contributed by atoms with van der Waals surface area (Å²) in [6.45, 7) is -0.0962. The van der Waals surface area contributed by atoms with Crippen molar-refractivity contribution in [2.24, 2.45) is 0 Å². The van der Waals surface area contributed by atoms with E-state index >= 15 is 0 Å². The number of aromatic nitrogens is 2. The van der Waals surface area contributed by atoms with E-state index in [1.807, 2.05) is 0 Å². The number of anilines is 1. The maximum absolute atomic E-state index is 13.4. The predicted octanol–water partition coefficient (Wildman–Crippen LogP) is 5.80. The number of alkyl halides is 6. The number of fused-ring (bicyclic) bond motifs is 1. The third-order valence-electron chi connectivity index (χ3n) is 4.12. The molecule has 0 aliphatic rings. The topological polar surface area (TPSA) is 43.8 Å². The van der Waals surface area contributed by atoms with Crippen molar-refractivity contribution in [1.82, 2.24) is 9.55 Å². The van der Waals surface area contributed by atoms with E-state index in [2.05, 4.69) is 20.9 Å². The number of imidazole rings is 1. The van der Waals surface area contributed by atoms with Gasteiger partial charge in [0.15, 0.2) is 0 Å². The third-order valence-corrected chi connectivity index (χ3v) is 4.86. The number of nitrogens with zero attached hydrogens (tertiary/aromatic N) is 2. The summed E-state index contributed by atoms with van der Waals surface area (Å²) in [5, 5.41) is 0. The maximum Gasteiger partial charge on any atom is 0.418 e. The zero-order chi connectivity index (χ0) is 20.9. The molecule has 28 heavy (non-hydrogen) atoms. The molecule has 0 fully saturated rings. The summed E-state index contributed by atoms with van der Waals surface area (Å²) < 4.78 is 93.8. The molecule has 1 heterocycles. The van der Waals surface area contributed by atoms with Crippen molar-refractivity contribution < 1.29 is 30.7 Å². The smallest absolute Gasteiger partial charge is 0.369 e. The van der Waals surface area contributed by atoms with Crippen molar-refractivity contribution in [1.29, 1.82) is 0 Å². The second-order valence-corrected chi connectivity index (χ2v) is 6.85. The number of rotatable bonds is 3. The van der Waals surface area contributed by atoms with Crippen molar-refractivity contribution in [3.8, 4) is 0 Å². The Hall–Kier alpha value is -2.30. The van der Waals surface area contributed by atoms with Crippen LogP contribution >= 0.6 is 15.9 Å². The van der Waals surface area contributed by atoms with Gasteiger partial charge in [-0.25, -0.2) is 9.37 Å². The molecule has 0 unspecified atom stereocenters. The summed E-state index contributed by atoms with van der Waals surface area (Å²) in [5.74, 6) is -0.847. The summed E-state index contributed by atoms with van der Waals surface area (Å²) in [7, 11) is 0. The van der Waals surface area contributed by atoms with E-state index in [-0.39, 0.29) is 25.0 Å². The zero-order valence-electron chi connectivity index (χ0n) is 13.8. The molecule has 11 heteroatoms. The summed E-state index contributed by atoms with van der Waals surface area (Å²) in [5.41, 5.74) is 2.30. The number of aryl methyl sites for hydroxylation is 2. The number of nitrogens with two attached hydrogens (primary N) is 1. The van der Waals surface area contributed by atoms with Crippen LogP contribution in [0.5, 0.6) is 0 Å². The molecule has 2 aromatic carbocycles. The summed E-state index contributed by atoms with van der Waals surface area (Å²) in [6, 6.07) is 4.41. The van der Waals surface area contributed by atoms with Crippen LogP contribution in [0, 0.1) is 5.82 Å². The Bertz CT molecular complexity index is 1040. The fourth-order valence-corrected chi connectivity index (χ4v) is 3.40. The van der Waals surface area contributed by atoms with Gasteiger partial charge >= 0.3 is 12.4 Å². The van der Waals surface area contributed by atoms with Crippen LogP contribution in [0.3, 0.4) is 0 Å². The average Bonchev–Trinajstić information content (AvgIpc) is 2.86. The molecule has 0 bridgehead atoms. The van der Waals surface area contributed by atoms with Crippen LogP contribution in [0.4, 0.5) is 36.7 Å². The average molecular weight is 470 g/mol. The molecule has 0 radical (unpaired) electrons. The minimum atomic E-state index is -5.04. The van der Waals surface area contributed by atoms with Crippen LogP contribution in [0.2, 0.25) is 0 Å². The van der Waals surface area contributed by atoms with Crippen LogP contribution in [0.15, 0.2) is 34.8 Å². The van der Waals surface area contributed by atoms with Crippen molar-refractivity contribution >= 4 is 32.9 Å². The number of benzene rings is 2. The van der Waals surface area contributed by atoms with Crippen molar-refractivity contribution in [3.63, 3.8) is 0 Å². The van der Waals surface area contributed by atoms with Gasteiger partial charge in [0.2, 0.25) is 5.95 Å². The first-order valence-electron chi connectivity index (χ1n) is 7.76. The highest BCUT2D eigenvalue weighted by molar-refractivity contribution is 9.10. The molecule has 0 aliphatic heterocycles. The fraction of sp³-hybridized carbons (Fsp3) is 0.235. The highest BCUT2D eigenvalue weighted by atomic mass is 79.9. The molecule has 3 rings (SSSR count). The molecular formula is C17H11BrF7N3. The Labute approximate surface area is 162 Å². The predicted molar refractivity (Wildman–Crippen MR) is 92.0 cm³/mol. The van der Waals surface area contributed by atoms with E-state index in [0.29, 0.717) is 16.1 Å². The molecule has 0 spiro atoms. The molecule has 3 nitrogen and oxygen atoms in total. The fourth-order valence-electron chi connectivity index (χ4n) is 2.85. The Kier molecular flexibility index (Phi) is 5.07. The Morgan fingerprint density at radius 3 is 2.25 bits per heavy atom. The van der Waals surface area contributed by atoms with Gasteiger partial charge in [0.1, 0.15) is 5.82 Å². The van der Waals surface area contributed by atoms with Gasteiger partial charge in [-0.2, -0.15) is 26.3 Å². The van der Waals surface area contributed by atoms with E-state index in [4.69, 9.17) is 5.73 Å². The normalized spacial score (nSPS) is 12.7. The van der Waals surface area contributed by atoms with Gasteiger partial charge in [0.25, 0.3) is 0 Å². The van der Waals surface area contributed by atoms with E-state index in [1.54, 1.807) is 0 Å². The lowest BCUT2D eigenvalue weighted by Gasteiger charge is -2.15. The van der Waals surface area contributed by atoms with Crippen molar-refractivity contribution in [2.45, 2.75) is 25.3 Å². The molecule has 0 saturated heterocycles. The van der Waals surface area contributed by atoms with E-state index in [1.165, 1.54) is 18.2 Å². The molecular weight excluding hydrogens is 459 g/mol. The minimum absolute atomic E-state index is 0.0494. The van der Waals surface area contributed by atoms with Crippen molar-refractivity contribution in [2.75, 3.05) is 5.73 Å². The maximum atomic E-state index is 13.4. The van der Waals surface area contributed by atoms with Gasteiger partial charge in [-0.15, -0.1) is 0 Å². The number of hydrogen-bond acceptors (Lipinski definition) is 2. The van der Waals surface area contributed by atoms with E-state index in [9.17, 15) is 30.7 Å². The number of halogens is 8. The highest BCUT2D eigenvalue weighted by Gasteiger charge is 2.39. The monoisotopic (exact) mass is 469 g/mol. The second-order valence-electron chi connectivity index (χ2n) is 5.99. The van der Waals surface area contributed by atoms with Crippen LogP contribution < -0.4 is 5.73 Å². The molecule has 150 valence electrons. The van der Waals surface area contributed by atoms with Gasteiger partial charge in [-0.1, -0.05) is 22.0 Å². The lowest BCUT2D eigenvalue weighted by Crippen LogP contribution is -2.14. The lowest BCUT2D eigenvalue weighted by molar-refractivity contribution is -0.142. The standard InChI is InChI=1S/C17H11BrF7N3/c18-12-7-10(19)2-1-8(12)3-4-28-14-11(17(23,24)25)5-9(16(20,21)22)6-13(14)27-15(28)26/h1-2,5-7H,3-4H2,(H2,26,27). The van der Waals surface area contributed by atoms with Crippen LogP contribution in [0.1, 0.15) is 16.7 Å². The molecule has 3 aromatic rings. The molecule has 0 saturated carbocycles. The molecule has 1 aromatic heterocycles. The largest absolute Gasteiger partial charge is 0.418 e. The van der Waals surface area contributed by atoms with E-state index < -0.39 is 40.3 Å². The van der Waals surface area contributed by atoms with Crippen LogP contribution in [-0.4, -0.2) is 9.55 Å². The summed E-state index contributed by atoms with van der Waals surface area (Å²) in [4.78, 5) is 3.68.